The van der Waals surface area contributed by atoms with Crippen molar-refractivity contribution >= 4 is 22.6 Å². The van der Waals surface area contributed by atoms with Crippen molar-refractivity contribution in [3.8, 4) is 0 Å². The third-order valence-corrected chi connectivity index (χ3v) is 4.50. The van der Waals surface area contributed by atoms with Gasteiger partial charge in [-0.15, -0.1) is 0 Å². The number of rotatable bonds is 3. The van der Waals surface area contributed by atoms with Crippen LogP contribution >= 0.6 is 0 Å². The molecule has 5 heteroatoms. The van der Waals surface area contributed by atoms with E-state index in [1.807, 2.05) is 31.2 Å². The van der Waals surface area contributed by atoms with Crippen molar-refractivity contribution in [1.29, 1.82) is 0 Å². The third kappa shape index (κ3) is 3.45. The summed E-state index contributed by atoms with van der Waals surface area (Å²) in [5, 5.41) is 14.4. The highest BCUT2D eigenvalue weighted by Crippen LogP contribution is 2.30. The number of hydrogen-bond acceptors (Lipinski definition) is 3. The summed E-state index contributed by atoms with van der Waals surface area (Å²) < 4.78 is 0. The summed E-state index contributed by atoms with van der Waals surface area (Å²) >= 11 is 0. The Hall–Kier alpha value is -2.14. The van der Waals surface area contributed by atoms with Crippen LogP contribution in [0.5, 0.6) is 0 Å². The molecule has 1 saturated carbocycles. The van der Waals surface area contributed by atoms with E-state index in [0.717, 1.165) is 42.1 Å². The molecule has 2 N–H and O–H groups in total. The molecule has 0 spiro atoms. The fourth-order valence-electron chi connectivity index (χ4n) is 3.35. The predicted octanol–water partition coefficient (Wildman–Crippen LogP) is 3.31. The standard InChI is InChI=1S/C18H23N3O2/c1-13-10-14-6-5-9-19-16(14)15(11-13)20-17(22)21(2)12-18(23)7-3-4-8-18/h5-6,9-11,23H,3-4,7-8,12H2,1-2H3,(H,20,22). The van der Waals surface area contributed by atoms with Gasteiger partial charge in [0.2, 0.25) is 0 Å². The number of aromatic nitrogens is 1. The molecule has 0 saturated heterocycles. The average molecular weight is 313 g/mol. The molecule has 1 fully saturated rings. The Morgan fingerprint density at radius 2 is 2.13 bits per heavy atom. The number of aliphatic hydroxyl groups is 1. The van der Waals surface area contributed by atoms with Gasteiger partial charge in [-0.05, 0) is 43.5 Å². The first-order chi connectivity index (χ1) is 11.0. The van der Waals surface area contributed by atoms with Gasteiger partial charge in [0.25, 0.3) is 0 Å². The van der Waals surface area contributed by atoms with E-state index in [9.17, 15) is 9.90 Å². The summed E-state index contributed by atoms with van der Waals surface area (Å²) in [5.74, 6) is 0. The molecule has 0 atom stereocenters. The average Bonchev–Trinajstić information content (AvgIpc) is 2.93. The van der Waals surface area contributed by atoms with Gasteiger partial charge in [-0.1, -0.05) is 18.9 Å². The van der Waals surface area contributed by atoms with Crippen LogP contribution in [0.15, 0.2) is 30.5 Å². The number of anilines is 1. The summed E-state index contributed by atoms with van der Waals surface area (Å²) in [5.41, 5.74) is 1.81. The Labute approximate surface area is 136 Å². The second-order valence-corrected chi connectivity index (χ2v) is 6.61. The summed E-state index contributed by atoms with van der Waals surface area (Å²) in [6.45, 7) is 2.35. The Morgan fingerprint density at radius 3 is 2.87 bits per heavy atom. The summed E-state index contributed by atoms with van der Waals surface area (Å²) in [7, 11) is 1.72. The number of amides is 2. The lowest BCUT2D eigenvalue weighted by atomic mass is 10.0. The van der Waals surface area contributed by atoms with Crippen LogP contribution in [0.3, 0.4) is 0 Å². The molecular formula is C18H23N3O2. The molecule has 122 valence electrons. The van der Waals surface area contributed by atoms with E-state index < -0.39 is 5.60 Å². The number of likely N-dealkylation sites (N-methyl/N-ethyl adjacent to an activating group) is 1. The topological polar surface area (TPSA) is 65.5 Å². The van der Waals surface area contributed by atoms with Crippen LogP contribution in [0.25, 0.3) is 10.9 Å². The zero-order valence-corrected chi connectivity index (χ0v) is 13.7. The van der Waals surface area contributed by atoms with Gasteiger partial charge in [0.1, 0.15) is 0 Å². The molecule has 0 radical (unpaired) electrons. The first-order valence-corrected chi connectivity index (χ1v) is 8.07. The lowest BCUT2D eigenvalue weighted by Gasteiger charge is -2.28. The fourth-order valence-corrected chi connectivity index (χ4v) is 3.35. The molecule has 3 rings (SSSR count). The van der Waals surface area contributed by atoms with Gasteiger partial charge in [0.15, 0.2) is 0 Å². The smallest absolute Gasteiger partial charge is 0.321 e. The first-order valence-electron chi connectivity index (χ1n) is 8.07. The molecule has 0 unspecified atom stereocenters. The van der Waals surface area contributed by atoms with Crippen molar-refractivity contribution < 1.29 is 9.90 Å². The van der Waals surface area contributed by atoms with Gasteiger partial charge in [-0.3, -0.25) is 4.98 Å². The van der Waals surface area contributed by atoms with Gasteiger partial charge >= 0.3 is 6.03 Å². The summed E-state index contributed by atoms with van der Waals surface area (Å²) in [6.07, 6.45) is 5.30. The van der Waals surface area contributed by atoms with Crippen molar-refractivity contribution in [3.63, 3.8) is 0 Å². The molecule has 5 nitrogen and oxygen atoms in total. The van der Waals surface area contributed by atoms with Crippen LogP contribution in [-0.4, -0.2) is 40.2 Å². The SMILES string of the molecule is Cc1cc(NC(=O)N(C)CC2(O)CCCC2)c2ncccc2c1. The van der Waals surface area contributed by atoms with E-state index in [1.165, 1.54) is 0 Å². The monoisotopic (exact) mass is 313 g/mol. The number of hydrogen-bond donors (Lipinski definition) is 2. The van der Waals surface area contributed by atoms with E-state index >= 15 is 0 Å². The maximum atomic E-state index is 12.5. The zero-order valence-electron chi connectivity index (χ0n) is 13.7. The quantitative estimate of drug-likeness (QED) is 0.913. The molecule has 1 aliphatic rings. The van der Waals surface area contributed by atoms with E-state index in [4.69, 9.17) is 0 Å². The van der Waals surface area contributed by atoms with Crippen molar-refractivity contribution in [2.45, 2.75) is 38.2 Å². The van der Waals surface area contributed by atoms with Gasteiger partial charge in [-0.2, -0.15) is 0 Å². The van der Waals surface area contributed by atoms with E-state index in [0.29, 0.717) is 12.2 Å². The highest BCUT2D eigenvalue weighted by molar-refractivity contribution is 5.99. The largest absolute Gasteiger partial charge is 0.388 e. The van der Waals surface area contributed by atoms with Crippen LogP contribution in [0.4, 0.5) is 10.5 Å². The van der Waals surface area contributed by atoms with E-state index in [-0.39, 0.29) is 6.03 Å². The zero-order chi connectivity index (χ0) is 16.4. The van der Waals surface area contributed by atoms with Gasteiger partial charge in [0, 0.05) is 18.6 Å². The molecule has 23 heavy (non-hydrogen) atoms. The Balaban J connectivity index is 1.77. The number of carbonyl (C=O) groups is 1. The fraction of sp³-hybridized carbons (Fsp3) is 0.444. The number of benzene rings is 1. The summed E-state index contributed by atoms with van der Waals surface area (Å²) in [4.78, 5) is 18.4. The minimum absolute atomic E-state index is 0.220. The third-order valence-electron chi connectivity index (χ3n) is 4.50. The minimum Gasteiger partial charge on any atom is -0.388 e. The highest BCUT2D eigenvalue weighted by Gasteiger charge is 2.33. The Kier molecular flexibility index (Phi) is 4.22. The van der Waals surface area contributed by atoms with Crippen molar-refractivity contribution in [1.82, 2.24) is 9.88 Å². The van der Waals surface area contributed by atoms with Crippen LogP contribution in [-0.2, 0) is 0 Å². The van der Waals surface area contributed by atoms with E-state index in [2.05, 4.69) is 10.3 Å². The van der Waals surface area contributed by atoms with Gasteiger partial charge in [-0.25, -0.2) is 4.79 Å². The first kappa shape index (κ1) is 15.7. The van der Waals surface area contributed by atoms with Gasteiger partial charge < -0.3 is 15.3 Å². The molecule has 2 amide bonds. The van der Waals surface area contributed by atoms with Crippen LogP contribution in [0.1, 0.15) is 31.2 Å². The van der Waals surface area contributed by atoms with Crippen molar-refractivity contribution in [3.05, 3.63) is 36.0 Å². The second kappa shape index (κ2) is 6.16. The maximum Gasteiger partial charge on any atom is 0.321 e. The number of urea groups is 1. The summed E-state index contributed by atoms with van der Waals surface area (Å²) in [6, 6.07) is 7.61. The predicted molar refractivity (Wildman–Crippen MR) is 91.5 cm³/mol. The normalized spacial score (nSPS) is 16.5. The van der Waals surface area contributed by atoms with Crippen LogP contribution in [0.2, 0.25) is 0 Å². The molecule has 0 bridgehead atoms. The molecule has 1 aliphatic carbocycles. The van der Waals surface area contributed by atoms with E-state index in [1.54, 1.807) is 18.1 Å². The number of pyridine rings is 1. The van der Waals surface area contributed by atoms with Crippen molar-refractivity contribution in [2.24, 2.45) is 0 Å². The lowest BCUT2D eigenvalue weighted by Crippen LogP contribution is -2.43. The number of carbonyl (C=O) groups excluding carboxylic acids is 1. The van der Waals surface area contributed by atoms with Crippen molar-refractivity contribution in [2.75, 3.05) is 18.9 Å². The molecule has 1 heterocycles. The number of nitrogens with one attached hydrogen (secondary N) is 1. The Morgan fingerprint density at radius 1 is 1.39 bits per heavy atom. The Bertz CT molecular complexity index is 723. The number of fused-ring (bicyclic) bond motifs is 1. The number of aryl methyl sites for hydroxylation is 1. The lowest BCUT2D eigenvalue weighted by molar-refractivity contribution is 0.0262. The molecule has 2 aromatic rings. The molecular weight excluding hydrogens is 290 g/mol. The number of nitrogens with zero attached hydrogens (tertiary/aromatic N) is 2. The molecule has 0 aliphatic heterocycles. The van der Waals surface area contributed by atoms with Crippen LogP contribution < -0.4 is 5.32 Å². The van der Waals surface area contributed by atoms with Crippen LogP contribution in [0, 0.1) is 6.92 Å². The molecule has 1 aromatic carbocycles. The maximum absolute atomic E-state index is 12.5. The minimum atomic E-state index is -0.737. The molecule has 1 aromatic heterocycles. The highest BCUT2D eigenvalue weighted by atomic mass is 16.3. The van der Waals surface area contributed by atoms with Gasteiger partial charge in [0.05, 0.1) is 23.3 Å². The second-order valence-electron chi connectivity index (χ2n) is 6.61.